The maximum atomic E-state index is 12.9. The molecule has 2 aromatic rings. The zero-order valence-corrected chi connectivity index (χ0v) is 14.5. The monoisotopic (exact) mass is 319 g/mol. The lowest BCUT2D eigenvalue weighted by Crippen LogP contribution is -2.18. The van der Waals surface area contributed by atoms with E-state index in [4.69, 9.17) is 0 Å². The fourth-order valence-corrected chi connectivity index (χ4v) is 3.58. The molecule has 1 aromatic carbocycles. The first-order chi connectivity index (χ1) is 11.4. The number of allylic oxidation sites excluding steroid dienone is 2. The third kappa shape index (κ3) is 2.82. The van der Waals surface area contributed by atoms with Crippen molar-refractivity contribution in [2.24, 2.45) is 0 Å². The van der Waals surface area contributed by atoms with Crippen molar-refractivity contribution >= 4 is 11.6 Å². The molecular formula is C21H21NO2. The van der Waals surface area contributed by atoms with E-state index in [9.17, 15) is 9.59 Å². The highest BCUT2D eigenvalue weighted by molar-refractivity contribution is 6.25. The molecule has 0 spiro atoms. The molecule has 1 heterocycles. The van der Waals surface area contributed by atoms with Gasteiger partial charge >= 0.3 is 0 Å². The molecule has 3 nitrogen and oxygen atoms in total. The van der Waals surface area contributed by atoms with Crippen LogP contribution in [0.25, 0.3) is 0 Å². The van der Waals surface area contributed by atoms with Crippen LogP contribution in [0.15, 0.2) is 42.1 Å². The second kappa shape index (κ2) is 6.16. The minimum absolute atomic E-state index is 0.0832. The van der Waals surface area contributed by atoms with E-state index >= 15 is 0 Å². The highest BCUT2D eigenvalue weighted by Gasteiger charge is 2.37. The predicted octanol–water partition coefficient (Wildman–Crippen LogP) is 3.72. The molecular weight excluding hydrogens is 298 g/mol. The molecule has 1 unspecified atom stereocenters. The third-order valence-electron chi connectivity index (χ3n) is 4.68. The molecule has 0 radical (unpaired) electrons. The number of hydrogen-bond donors (Lipinski definition) is 0. The van der Waals surface area contributed by atoms with E-state index in [1.807, 2.05) is 52.0 Å². The molecule has 0 saturated heterocycles. The number of pyridine rings is 1. The summed E-state index contributed by atoms with van der Waals surface area (Å²) in [4.78, 5) is 29.8. The Balaban J connectivity index is 1.95. The summed E-state index contributed by atoms with van der Waals surface area (Å²) in [5.74, 6) is -0.886. The van der Waals surface area contributed by atoms with Crippen LogP contribution in [0.5, 0.6) is 0 Å². The summed E-state index contributed by atoms with van der Waals surface area (Å²) < 4.78 is 0. The predicted molar refractivity (Wildman–Crippen MR) is 94.2 cm³/mol. The first kappa shape index (κ1) is 16.3. The van der Waals surface area contributed by atoms with Gasteiger partial charge in [-0.1, -0.05) is 23.8 Å². The van der Waals surface area contributed by atoms with Gasteiger partial charge in [0.25, 0.3) is 0 Å². The van der Waals surface area contributed by atoms with Crippen LogP contribution < -0.4 is 0 Å². The number of aryl methyl sites for hydroxylation is 4. The Labute approximate surface area is 142 Å². The number of carbonyl (C=O) groups excluding carboxylic acids is 2. The maximum Gasteiger partial charge on any atom is 0.174 e. The molecule has 0 amide bonds. The Morgan fingerprint density at radius 2 is 1.67 bits per heavy atom. The molecule has 1 aliphatic carbocycles. The topological polar surface area (TPSA) is 47.0 Å². The van der Waals surface area contributed by atoms with E-state index in [2.05, 4.69) is 4.98 Å². The lowest BCUT2D eigenvalue weighted by Gasteiger charge is -2.16. The van der Waals surface area contributed by atoms with E-state index in [1.54, 1.807) is 6.20 Å². The summed E-state index contributed by atoms with van der Waals surface area (Å²) in [7, 11) is 0. The van der Waals surface area contributed by atoms with Crippen LogP contribution >= 0.6 is 0 Å². The van der Waals surface area contributed by atoms with Gasteiger partial charge in [0.05, 0.1) is 0 Å². The van der Waals surface area contributed by atoms with Crippen LogP contribution in [0.4, 0.5) is 0 Å². The number of benzene rings is 1. The Hall–Kier alpha value is -2.55. The second-order valence-electron chi connectivity index (χ2n) is 6.63. The summed E-state index contributed by atoms with van der Waals surface area (Å²) in [6.45, 7) is 7.93. The highest BCUT2D eigenvalue weighted by atomic mass is 16.2. The molecule has 1 aliphatic rings. The summed E-state index contributed by atoms with van der Waals surface area (Å²) in [5.41, 5.74) is 6.45. The molecule has 1 aromatic heterocycles. The first-order valence-electron chi connectivity index (χ1n) is 8.15. The zero-order valence-electron chi connectivity index (χ0n) is 14.5. The van der Waals surface area contributed by atoms with E-state index in [0.717, 1.165) is 33.5 Å². The number of nitrogens with zero attached hydrogens (tertiary/aromatic N) is 1. The number of ketones is 2. The van der Waals surface area contributed by atoms with Gasteiger partial charge in [0.15, 0.2) is 11.6 Å². The quantitative estimate of drug-likeness (QED) is 0.810. The summed E-state index contributed by atoms with van der Waals surface area (Å²) in [6.07, 6.45) is 3.65. The Morgan fingerprint density at radius 1 is 1.00 bits per heavy atom. The zero-order chi connectivity index (χ0) is 17.4. The second-order valence-corrected chi connectivity index (χ2v) is 6.63. The van der Waals surface area contributed by atoms with Crippen molar-refractivity contribution in [3.8, 4) is 0 Å². The Morgan fingerprint density at radius 3 is 2.29 bits per heavy atom. The molecule has 122 valence electrons. The van der Waals surface area contributed by atoms with Crippen LogP contribution in [-0.4, -0.2) is 16.6 Å². The molecule has 24 heavy (non-hydrogen) atoms. The van der Waals surface area contributed by atoms with E-state index in [1.165, 1.54) is 6.08 Å². The van der Waals surface area contributed by atoms with Crippen molar-refractivity contribution in [3.05, 3.63) is 75.6 Å². The number of rotatable bonds is 3. The highest BCUT2D eigenvalue weighted by Crippen LogP contribution is 2.34. The molecule has 0 aliphatic heterocycles. The minimum Gasteiger partial charge on any atom is -0.294 e. The van der Waals surface area contributed by atoms with Crippen LogP contribution in [-0.2, 0) is 16.0 Å². The van der Waals surface area contributed by atoms with Crippen LogP contribution in [0.3, 0.4) is 0 Å². The molecule has 3 heteroatoms. The number of Topliss-reactive ketones (excluding diaryl/α,β-unsaturated/α-hetero) is 1. The van der Waals surface area contributed by atoms with Crippen molar-refractivity contribution in [2.75, 3.05) is 0 Å². The van der Waals surface area contributed by atoms with Gasteiger partial charge in [0.1, 0.15) is 5.92 Å². The molecule has 3 rings (SSSR count). The summed E-state index contributed by atoms with van der Waals surface area (Å²) >= 11 is 0. The Bertz CT molecular complexity index is 854. The summed E-state index contributed by atoms with van der Waals surface area (Å²) in [5, 5.41) is 0. The average Bonchev–Trinajstić information content (AvgIpc) is 2.76. The number of carbonyl (C=O) groups is 2. The standard InChI is InChI=1S/C21H21NO2/c1-12-8-14(3)19(15(4)9-12)20-18(23)11-16(21(20)24)10-17-13(2)6-5-7-22-17/h5-9,11,20H,10H2,1-4H3. The number of hydrogen-bond acceptors (Lipinski definition) is 3. The van der Waals surface area contributed by atoms with Crippen molar-refractivity contribution in [1.82, 2.24) is 4.98 Å². The van der Waals surface area contributed by atoms with Crippen molar-refractivity contribution in [1.29, 1.82) is 0 Å². The SMILES string of the molecule is Cc1cc(C)c(C2C(=O)C=C(Cc3ncccc3C)C2=O)c(C)c1. The number of aromatic nitrogens is 1. The van der Waals surface area contributed by atoms with Crippen LogP contribution in [0.2, 0.25) is 0 Å². The van der Waals surface area contributed by atoms with E-state index in [0.29, 0.717) is 12.0 Å². The molecule has 0 fully saturated rings. The van der Waals surface area contributed by atoms with Gasteiger partial charge in [-0.2, -0.15) is 0 Å². The van der Waals surface area contributed by atoms with Gasteiger partial charge in [0, 0.05) is 23.9 Å². The molecule has 0 bridgehead atoms. The fourth-order valence-electron chi connectivity index (χ4n) is 3.58. The van der Waals surface area contributed by atoms with Gasteiger partial charge in [-0.3, -0.25) is 14.6 Å². The molecule has 0 saturated carbocycles. The average molecular weight is 319 g/mol. The third-order valence-corrected chi connectivity index (χ3v) is 4.68. The van der Waals surface area contributed by atoms with Crippen LogP contribution in [0, 0.1) is 27.7 Å². The Kier molecular flexibility index (Phi) is 4.18. The van der Waals surface area contributed by atoms with Crippen molar-refractivity contribution in [2.45, 2.75) is 40.0 Å². The maximum absolute atomic E-state index is 12.9. The van der Waals surface area contributed by atoms with Gasteiger partial charge in [-0.15, -0.1) is 0 Å². The normalized spacial score (nSPS) is 17.3. The van der Waals surface area contributed by atoms with Gasteiger partial charge in [-0.05, 0) is 62.1 Å². The van der Waals surface area contributed by atoms with Gasteiger partial charge in [-0.25, -0.2) is 0 Å². The van der Waals surface area contributed by atoms with Crippen LogP contribution in [0.1, 0.15) is 39.4 Å². The first-order valence-corrected chi connectivity index (χ1v) is 8.15. The van der Waals surface area contributed by atoms with Crippen molar-refractivity contribution < 1.29 is 9.59 Å². The van der Waals surface area contributed by atoms with Gasteiger partial charge in [0.2, 0.25) is 0 Å². The smallest absolute Gasteiger partial charge is 0.174 e. The van der Waals surface area contributed by atoms with Gasteiger partial charge < -0.3 is 0 Å². The minimum atomic E-state index is -0.690. The fraction of sp³-hybridized carbons (Fsp3) is 0.286. The summed E-state index contributed by atoms with van der Waals surface area (Å²) in [6, 6.07) is 7.90. The van der Waals surface area contributed by atoms with E-state index < -0.39 is 5.92 Å². The lowest BCUT2D eigenvalue weighted by atomic mass is 9.85. The molecule has 1 atom stereocenters. The molecule has 0 N–H and O–H groups in total. The lowest BCUT2D eigenvalue weighted by molar-refractivity contribution is -0.122. The van der Waals surface area contributed by atoms with E-state index in [-0.39, 0.29) is 11.6 Å². The largest absolute Gasteiger partial charge is 0.294 e. The van der Waals surface area contributed by atoms with Crippen molar-refractivity contribution in [3.63, 3.8) is 0 Å².